The molecule has 1 saturated heterocycles. The van der Waals surface area contributed by atoms with Crippen molar-refractivity contribution in [3.05, 3.63) is 29.7 Å². The summed E-state index contributed by atoms with van der Waals surface area (Å²) in [6, 6.07) is 1.84. The molecular formula is C13H18N4O3. The molecule has 1 atom stereocenters. The van der Waals surface area contributed by atoms with Crippen LogP contribution in [0.4, 0.5) is 0 Å². The Labute approximate surface area is 116 Å². The van der Waals surface area contributed by atoms with E-state index in [0.29, 0.717) is 31.2 Å². The van der Waals surface area contributed by atoms with Gasteiger partial charge in [0.15, 0.2) is 5.82 Å². The Bertz CT molecular complexity index is 554. The van der Waals surface area contributed by atoms with Crippen molar-refractivity contribution in [2.45, 2.75) is 38.3 Å². The van der Waals surface area contributed by atoms with E-state index < -0.39 is 5.60 Å². The number of piperidine rings is 1. The fraction of sp³-hybridized carbons (Fsp3) is 0.615. The average molecular weight is 278 g/mol. The zero-order valence-corrected chi connectivity index (χ0v) is 11.4. The van der Waals surface area contributed by atoms with E-state index in [-0.39, 0.29) is 0 Å². The van der Waals surface area contributed by atoms with Crippen LogP contribution in [0, 0.1) is 6.92 Å². The second-order valence-corrected chi connectivity index (χ2v) is 5.44. The van der Waals surface area contributed by atoms with Crippen LogP contribution in [0.15, 0.2) is 21.4 Å². The van der Waals surface area contributed by atoms with Crippen LogP contribution in [0.3, 0.4) is 0 Å². The minimum atomic E-state index is -0.818. The molecule has 0 bridgehead atoms. The van der Waals surface area contributed by atoms with Gasteiger partial charge >= 0.3 is 0 Å². The van der Waals surface area contributed by atoms with Crippen LogP contribution in [0.5, 0.6) is 0 Å². The standard InChI is InChI=1S/C13H18N4O3/c1-10-14-12(20-15-10)7-13(18)4-2-5-17(9-13)8-11-3-6-19-16-11/h3,6,18H,2,4-5,7-9H2,1H3. The summed E-state index contributed by atoms with van der Waals surface area (Å²) >= 11 is 0. The number of hydrogen-bond acceptors (Lipinski definition) is 7. The first-order valence-corrected chi connectivity index (χ1v) is 6.76. The molecule has 3 heterocycles. The molecule has 7 heteroatoms. The van der Waals surface area contributed by atoms with Crippen molar-refractivity contribution in [1.82, 2.24) is 20.2 Å². The average Bonchev–Trinajstić information content (AvgIpc) is 3.01. The zero-order chi connectivity index (χ0) is 14.0. The van der Waals surface area contributed by atoms with Crippen molar-refractivity contribution in [3.63, 3.8) is 0 Å². The van der Waals surface area contributed by atoms with Gasteiger partial charge in [0.2, 0.25) is 5.89 Å². The summed E-state index contributed by atoms with van der Waals surface area (Å²) < 4.78 is 9.94. The molecule has 0 amide bonds. The van der Waals surface area contributed by atoms with Gasteiger partial charge in [0, 0.05) is 19.2 Å². The topological polar surface area (TPSA) is 88.4 Å². The van der Waals surface area contributed by atoms with Gasteiger partial charge in [0.05, 0.1) is 17.7 Å². The molecule has 0 radical (unpaired) electrons. The fourth-order valence-electron chi connectivity index (χ4n) is 2.73. The second-order valence-electron chi connectivity index (χ2n) is 5.44. The van der Waals surface area contributed by atoms with Gasteiger partial charge in [-0.05, 0) is 26.3 Å². The Morgan fingerprint density at radius 1 is 1.45 bits per heavy atom. The van der Waals surface area contributed by atoms with Crippen molar-refractivity contribution in [2.24, 2.45) is 0 Å². The van der Waals surface area contributed by atoms with Crippen molar-refractivity contribution < 1.29 is 14.2 Å². The molecule has 3 rings (SSSR count). The molecule has 108 valence electrons. The Hall–Kier alpha value is -1.73. The van der Waals surface area contributed by atoms with Crippen LogP contribution in [0.25, 0.3) is 0 Å². The number of nitrogens with zero attached hydrogens (tertiary/aromatic N) is 4. The van der Waals surface area contributed by atoms with Gasteiger partial charge in [-0.2, -0.15) is 4.98 Å². The van der Waals surface area contributed by atoms with Crippen molar-refractivity contribution in [2.75, 3.05) is 13.1 Å². The monoisotopic (exact) mass is 278 g/mol. The van der Waals surface area contributed by atoms with E-state index in [9.17, 15) is 5.11 Å². The third-order valence-corrected chi connectivity index (χ3v) is 3.56. The third kappa shape index (κ3) is 3.05. The summed E-state index contributed by atoms with van der Waals surface area (Å²) in [6.07, 6.45) is 3.63. The molecular weight excluding hydrogens is 260 g/mol. The first-order valence-electron chi connectivity index (χ1n) is 6.76. The lowest BCUT2D eigenvalue weighted by atomic mass is 9.89. The zero-order valence-electron chi connectivity index (χ0n) is 11.4. The number of aryl methyl sites for hydroxylation is 1. The first kappa shape index (κ1) is 13.3. The van der Waals surface area contributed by atoms with E-state index in [0.717, 1.165) is 25.1 Å². The fourth-order valence-corrected chi connectivity index (χ4v) is 2.73. The predicted molar refractivity (Wildman–Crippen MR) is 68.7 cm³/mol. The summed E-state index contributed by atoms with van der Waals surface area (Å²) in [5, 5.41) is 18.4. The van der Waals surface area contributed by atoms with Gasteiger partial charge in [-0.3, -0.25) is 4.90 Å². The SMILES string of the molecule is Cc1noc(CC2(O)CCCN(Cc3ccon3)C2)n1. The summed E-state index contributed by atoms with van der Waals surface area (Å²) in [7, 11) is 0. The van der Waals surface area contributed by atoms with Crippen LogP contribution in [0.1, 0.15) is 30.3 Å². The molecule has 0 aliphatic carbocycles. The highest BCUT2D eigenvalue weighted by Gasteiger charge is 2.35. The van der Waals surface area contributed by atoms with Crippen LogP contribution in [-0.4, -0.2) is 44.0 Å². The summed E-state index contributed by atoms with van der Waals surface area (Å²) in [5.41, 5.74) is 0.0592. The summed E-state index contributed by atoms with van der Waals surface area (Å²) in [5.74, 6) is 1.09. The van der Waals surface area contributed by atoms with Crippen molar-refractivity contribution in [1.29, 1.82) is 0 Å². The Morgan fingerprint density at radius 2 is 2.35 bits per heavy atom. The van der Waals surface area contributed by atoms with Crippen molar-refractivity contribution in [3.8, 4) is 0 Å². The van der Waals surface area contributed by atoms with E-state index in [1.54, 1.807) is 13.2 Å². The van der Waals surface area contributed by atoms with E-state index in [4.69, 9.17) is 9.05 Å². The number of hydrogen-bond donors (Lipinski definition) is 1. The molecule has 2 aromatic heterocycles. The van der Waals surface area contributed by atoms with Crippen LogP contribution < -0.4 is 0 Å². The highest BCUT2D eigenvalue weighted by Crippen LogP contribution is 2.25. The molecule has 7 nitrogen and oxygen atoms in total. The Kier molecular flexibility index (Phi) is 3.54. The lowest BCUT2D eigenvalue weighted by Crippen LogP contribution is -2.49. The molecule has 1 unspecified atom stereocenters. The Balaban J connectivity index is 1.64. The van der Waals surface area contributed by atoms with Gasteiger partial charge < -0.3 is 14.2 Å². The van der Waals surface area contributed by atoms with E-state index in [1.165, 1.54) is 0 Å². The maximum absolute atomic E-state index is 10.7. The maximum Gasteiger partial charge on any atom is 0.229 e. The van der Waals surface area contributed by atoms with E-state index in [2.05, 4.69) is 20.2 Å². The van der Waals surface area contributed by atoms with E-state index in [1.807, 2.05) is 6.07 Å². The largest absolute Gasteiger partial charge is 0.388 e. The molecule has 0 aromatic carbocycles. The molecule has 20 heavy (non-hydrogen) atoms. The molecule has 1 fully saturated rings. The van der Waals surface area contributed by atoms with Gasteiger partial charge in [-0.25, -0.2) is 0 Å². The highest BCUT2D eigenvalue weighted by atomic mass is 16.5. The number of aliphatic hydroxyl groups is 1. The van der Waals surface area contributed by atoms with Gasteiger partial charge in [-0.15, -0.1) is 0 Å². The molecule has 1 N–H and O–H groups in total. The van der Waals surface area contributed by atoms with Crippen molar-refractivity contribution >= 4 is 0 Å². The molecule has 2 aromatic rings. The Morgan fingerprint density at radius 3 is 3.05 bits per heavy atom. The normalized spacial score (nSPS) is 24.1. The lowest BCUT2D eigenvalue weighted by molar-refractivity contribution is -0.0378. The number of rotatable bonds is 4. The van der Waals surface area contributed by atoms with Crippen LogP contribution in [-0.2, 0) is 13.0 Å². The van der Waals surface area contributed by atoms with Gasteiger partial charge in [-0.1, -0.05) is 10.3 Å². The second kappa shape index (κ2) is 5.34. The molecule has 1 aliphatic rings. The molecule has 1 aliphatic heterocycles. The number of aromatic nitrogens is 3. The molecule has 0 saturated carbocycles. The van der Waals surface area contributed by atoms with Crippen LogP contribution >= 0.6 is 0 Å². The number of β-amino-alcohol motifs (C(OH)–C–C–N with tert-alkyl or cyclic N) is 1. The highest BCUT2D eigenvalue weighted by molar-refractivity contribution is 4.99. The van der Waals surface area contributed by atoms with Gasteiger partial charge in [0.1, 0.15) is 6.26 Å². The minimum absolute atomic E-state index is 0.392. The lowest BCUT2D eigenvalue weighted by Gasteiger charge is -2.38. The number of likely N-dealkylation sites (tertiary alicyclic amines) is 1. The summed E-state index contributed by atoms with van der Waals surface area (Å²) in [6.45, 7) is 3.97. The predicted octanol–water partition coefficient (Wildman–Crippen LogP) is 0.936. The minimum Gasteiger partial charge on any atom is -0.388 e. The third-order valence-electron chi connectivity index (χ3n) is 3.56. The van der Waals surface area contributed by atoms with E-state index >= 15 is 0 Å². The van der Waals surface area contributed by atoms with Gasteiger partial charge in [0.25, 0.3) is 0 Å². The maximum atomic E-state index is 10.7. The summed E-state index contributed by atoms with van der Waals surface area (Å²) in [4.78, 5) is 6.34. The smallest absolute Gasteiger partial charge is 0.229 e. The molecule has 0 spiro atoms. The first-order chi connectivity index (χ1) is 9.63. The quantitative estimate of drug-likeness (QED) is 0.890. The van der Waals surface area contributed by atoms with Crippen LogP contribution in [0.2, 0.25) is 0 Å².